The molecule has 0 radical (unpaired) electrons. The van der Waals surface area contributed by atoms with E-state index in [0.717, 1.165) is 77.2 Å². The molecule has 1 amide bonds. The largest absolute Gasteiger partial charge is 0.498 e. The fourth-order valence-electron chi connectivity index (χ4n) is 5.38. The maximum atomic E-state index is 13.4. The van der Waals surface area contributed by atoms with Crippen molar-refractivity contribution in [2.45, 2.75) is 19.3 Å². The molecule has 3 aromatic heterocycles. The SMILES string of the molecule is O=C(N1CC=C(c2cc3c(Nc4ccc5ncsc5c4)ccnc3[nH]2)CC1)C1(CN2C=COCC2)CC1. The molecule has 1 fully saturated rings. The molecule has 2 N–H and O–H groups in total. The fraction of sp³-hybridized carbons (Fsp3) is 0.321. The second kappa shape index (κ2) is 8.92. The number of pyridine rings is 1. The van der Waals surface area contributed by atoms with Gasteiger partial charge in [0.1, 0.15) is 12.3 Å². The van der Waals surface area contributed by atoms with Crippen LogP contribution >= 0.6 is 11.3 Å². The third kappa shape index (κ3) is 4.23. The average molecular weight is 513 g/mol. The number of carbonyl (C=O) groups is 1. The van der Waals surface area contributed by atoms with E-state index in [1.807, 2.05) is 34.9 Å². The minimum absolute atomic E-state index is 0.221. The van der Waals surface area contributed by atoms with E-state index >= 15 is 0 Å². The Hall–Kier alpha value is -3.85. The Labute approximate surface area is 218 Å². The quantitative estimate of drug-likeness (QED) is 0.373. The van der Waals surface area contributed by atoms with Gasteiger partial charge in [0.2, 0.25) is 5.91 Å². The zero-order valence-electron chi connectivity index (χ0n) is 20.4. The van der Waals surface area contributed by atoms with Crippen LogP contribution < -0.4 is 5.32 Å². The lowest BCUT2D eigenvalue weighted by Crippen LogP contribution is -2.44. The van der Waals surface area contributed by atoms with Crippen molar-refractivity contribution in [3.05, 3.63) is 66.3 Å². The molecule has 0 spiro atoms. The van der Waals surface area contributed by atoms with Gasteiger partial charge in [-0.1, -0.05) is 6.08 Å². The van der Waals surface area contributed by atoms with Crippen LogP contribution in [0.4, 0.5) is 11.4 Å². The summed E-state index contributed by atoms with van der Waals surface area (Å²) in [6.07, 6.45) is 10.5. The fourth-order valence-corrected chi connectivity index (χ4v) is 6.10. The van der Waals surface area contributed by atoms with Gasteiger partial charge in [-0.2, -0.15) is 0 Å². The second-order valence-corrected chi connectivity index (χ2v) is 11.0. The lowest BCUT2D eigenvalue weighted by Gasteiger charge is -2.33. The average Bonchev–Trinajstić information content (AvgIpc) is 3.34. The Kier molecular flexibility index (Phi) is 5.39. The highest BCUT2D eigenvalue weighted by atomic mass is 32.1. The van der Waals surface area contributed by atoms with Crippen LogP contribution in [-0.4, -0.2) is 63.4 Å². The smallest absolute Gasteiger partial charge is 0.230 e. The number of nitrogens with zero attached hydrogens (tertiary/aromatic N) is 4. The number of carbonyl (C=O) groups excluding carboxylic acids is 1. The summed E-state index contributed by atoms with van der Waals surface area (Å²) in [6, 6.07) is 10.4. The first kappa shape index (κ1) is 22.4. The molecule has 37 heavy (non-hydrogen) atoms. The Morgan fingerprint density at radius 1 is 1.19 bits per heavy atom. The number of amides is 1. The number of nitrogens with one attached hydrogen (secondary N) is 2. The zero-order chi connectivity index (χ0) is 24.8. The molecule has 188 valence electrons. The van der Waals surface area contributed by atoms with Gasteiger partial charge >= 0.3 is 0 Å². The number of H-pyrrole nitrogens is 1. The van der Waals surface area contributed by atoms with Crippen LogP contribution in [0, 0.1) is 5.41 Å². The summed E-state index contributed by atoms with van der Waals surface area (Å²) < 4.78 is 6.46. The van der Waals surface area contributed by atoms with Crippen molar-refractivity contribution in [1.29, 1.82) is 0 Å². The van der Waals surface area contributed by atoms with Gasteiger partial charge in [-0.25, -0.2) is 9.97 Å². The van der Waals surface area contributed by atoms with Gasteiger partial charge in [0.05, 0.1) is 39.6 Å². The first-order valence-electron chi connectivity index (χ1n) is 12.8. The number of benzene rings is 1. The van der Waals surface area contributed by atoms with Crippen LogP contribution in [0.5, 0.6) is 0 Å². The number of hydrogen-bond acceptors (Lipinski definition) is 7. The van der Waals surface area contributed by atoms with Crippen molar-refractivity contribution in [3.63, 3.8) is 0 Å². The third-order valence-electron chi connectivity index (χ3n) is 7.66. The first-order chi connectivity index (χ1) is 18.2. The van der Waals surface area contributed by atoms with E-state index < -0.39 is 0 Å². The van der Waals surface area contributed by atoms with Gasteiger partial charge in [-0.3, -0.25) is 4.79 Å². The first-order valence-corrected chi connectivity index (χ1v) is 13.6. The van der Waals surface area contributed by atoms with Crippen LogP contribution in [0.1, 0.15) is 25.0 Å². The predicted octanol–water partition coefficient (Wildman–Crippen LogP) is 5.12. The molecule has 0 saturated heterocycles. The summed E-state index contributed by atoms with van der Waals surface area (Å²) in [4.78, 5) is 30.1. The van der Waals surface area contributed by atoms with Crippen molar-refractivity contribution in [2.24, 2.45) is 5.41 Å². The molecule has 9 heteroatoms. The molecular formula is C28H28N6O2S. The second-order valence-electron chi connectivity index (χ2n) is 10.1. The molecular weight excluding hydrogens is 484 g/mol. The molecule has 4 aromatic rings. The summed E-state index contributed by atoms with van der Waals surface area (Å²) in [5.41, 5.74) is 7.87. The molecule has 3 aliphatic rings. The highest BCUT2D eigenvalue weighted by Gasteiger charge is 2.52. The lowest BCUT2D eigenvalue weighted by molar-refractivity contribution is -0.137. The van der Waals surface area contributed by atoms with Crippen molar-refractivity contribution < 1.29 is 9.53 Å². The topological polar surface area (TPSA) is 86.4 Å². The van der Waals surface area contributed by atoms with Gasteiger partial charge in [0.25, 0.3) is 0 Å². The molecule has 1 saturated carbocycles. The van der Waals surface area contributed by atoms with E-state index in [-0.39, 0.29) is 5.41 Å². The molecule has 1 aromatic carbocycles. The van der Waals surface area contributed by atoms with Crippen LogP contribution in [0.3, 0.4) is 0 Å². The van der Waals surface area contributed by atoms with Gasteiger partial charge in [-0.15, -0.1) is 11.3 Å². The Bertz CT molecular complexity index is 1550. The molecule has 0 unspecified atom stereocenters. The summed E-state index contributed by atoms with van der Waals surface area (Å²) in [6.45, 7) is 3.72. The molecule has 5 heterocycles. The maximum absolute atomic E-state index is 13.4. The highest BCUT2D eigenvalue weighted by molar-refractivity contribution is 7.16. The summed E-state index contributed by atoms with van der Waals surface area (Å²) >= 11 is 1.64. The zero-order valence-corrected chi connectivity index (χ0v) is 21.3. The lowest BCUT2D eigenvalue weighted by atomic mass is 10.00. The monoisotopic (exact) mass is 512 g/mol. The number of thiazole rings is 1. The number of aromatic nitrogens is 3. The van der Waals surface area contributed by atoms with Crippen molar-refractivity contribution in [3.8, 4) is 0 Å². The summed E-state index contributed by atoms with van der Waals surface area (Å²) in [5.74, 6) is 0.297. The minimum Gasteiger partial charge on any atom is -0.498 e. The number of anilines is 2. The number of rotatable bonds is 6. The van der Waals surface area contributed by atoms with E-state index in [2.05, 4.69) is 49.4 Å². The third-order valence-corrected chi connectivity index (χ3v) is 8.45. The van der Waals surface area contributed by atoms with Gasteiger partial charge in [-0.05, 0) is 55.2 Å². The van der Waals surface area contributed by atoms with Crippen LogP contribution in [0.25, 0.3) is 26.8 Å². The van der Waals surface area contributed by atoms with E-state index in [1.165, 1.54) is 5.57 Å². The van der Waals surface area contributed by atoms with Crippen molar-refractivity contribution in [1.82, 2.24) is 24.8 Å². The van der Waals surface area contributed by atoms with Crippen LogP contribution in [0.2, 0.25) is 0 Å². The normalized spacial score (nSPS) is 18.6. The maximum Gasteiger partial charge on any atom is 0.230 e. The predicted molar refractivity (Wildman–Crippen MR) is 147 cm³/mol. The molecule has 8 nitrogen and oxygen atoms in total. The van der Waals surface area contributed by atoms with Crippen LogP contribution in [-0.2, 0) is 9.53 Å². The molecule has 2 aliphatic heterocycles. The van der Waals surface area contributed by atoms with E-state index in [0.29, 0.717) is 19.1 Å². The number of hydrogen-bond donors (Lipinski definition) is 2. The standard InChI is InChI=1S/C28H28N6O2S/c35-27(28(6-7-28)17-33-11-13-36-14-12-33)34-9-4-19(5-10-34)24-16-21-22(3-8-29-26(21)32-24)31-20-1-2-23-25(15-20)37-18-30-23/h1-4,8,11,13,15-16,18H,5-7,9-10,12,14,17H2,(H2,29,31,32). The highest BCUT2D eigenvalue weighted by Crippen LogP contribution is 2.48. The Morgan fingerprint density at radius 3 is 2.95 bits per heavy atom. The van der Waals surface area contributed by atoms with Crippen LogP contribution in [0.15, 0.2) is 60.6 Å². The van der Waals surface area contributed by atoms with Crippen molar-refractivity contribution in [2.75, 3.05) is 38.1 Å². The molecule has 7 rings (SSSR count). The number of fused-ring (bicyclic) bond motifs is 2. The van der Waals surface area contributed by atoms with Gasteiger partial charge in [0.15, 0.2) is 0 Å². The van der Waals surface area contributed by atoms with E-state index in [1.54, 1.807) is 17.6 Å². The summed E-state index contributed by atoms with van der Waals surface area (Å²) in [5, 5.41) is 4.61. The molecule has 0 bridgehead atoms. The van der Waals surface area contributed by atoms with Gasteiger partial charge in [0, 0.05) is 48.8 Å². The number of aromatic amines is 1. The number of ether oxygens (including phenoxy) is 1. The minimum atomic E-state index is -0.221. The molecule has 0 atom stereocenters. The Balaban J connectivity index is 1.07. The van der Waals surface area contributed by atoms with E-state index in [9.17, 15) is 4.79 Å². The van der Waals surface area contributed by atoms with E-state index in [4.69, 9.17) is 4.74 Å². The van der Waals surface area contributed by atoms with Crippen molar-refractivity contribution >= 4 is 55.4 Å². The molecule has 1 aliphatic carbocycles. The summed E-state index contributed by atoms with van der Waals surface area (Å²) in [7, 11) is 0. The Morgan fingerprint density at radius 2 is 2.14 bits per heavy atom. The van der Waals surface area contributed by atoms with Gasteiger partial charge < -0.3 is 24.8 Å².